The van der Waals surface area contributed by atoms with Gasteiger partial charge in [0, 0.05) is 16.6 Å². The lowest BCUT2D eigenvalue weighted by molar-refractivity contribution is -0.144. The molecule has 1 amide bonds. The molecule has 38 heavy (non-hydrogen) atoms. The maximum absolute atomic E-state index is 14.1. The van der Waals surface area contributed by atoms with Crippen LogP contribution in [-0.4, -0.2) is 35.0 Å². The number of fused-ring (bicyclic) bond motifs is 1. The fourth-order valence-electron chi connectivity index (χ4n) is 4.70. The molecule has 1 N–H and O–H groups in total. The zero-order valence-corrected chi connectivity index (χ0v) is 20.9. The number of ether oxygens (including phenoxy) is 2. The summed E-state index contributed by atoms with van der Waals surface area (Å²) in [6.45, 7) is 0.284. The van der Waals surface area contributed by atoms with E-state index in [-0.39, 0.29) is 12.5 Å². The van der Waals surface area contributed by atoms with Gasteiger partial charge in [-0.25, -0.2) is 4.79 Å². The van der Waals surface area contributed by atoms with Crippen LogP contribution in [0.5, 0.6) is 11.5 Å². The molecule has 0 bridgehead atoms. The molecule has 6 nitrogen and oxygen atoms in total. The van der Waals surface area contributed by atoms with Crippen LogP contribution in [0.15, 0.2) is 103 Å². The van der Waals surface area contributed by atoms with Gasteiger partial charge in [-0.05, 0) is 34.9 Å². The largest absolute Gasteiger partial charge is 0.493 e. The molecule has 1 atom stereocenters. The molecule has 190 valence electrons. The van der Waals surface area contributed by atoms with Gasteiger partial charge in [0.05, 0.1) is 13.0 Å². The van der Waals surface area contributed by atoms with Crippen molar-refractivity contribution >= 4 is 24.2 Å². The lowest BCUT2D eigenvalue weighted by Gasteiger charge is -2.30. The van der Waals surface area contributed by atoms with E-state index in [1.165, 1.54) is 4.90 Å². The summed E-state index contributed by atoms with van der Waals surface area (Å²) >= 11 is 0. The van der Waals surface area contributed by atoms with Crippen molar-refractivity contribution in [2.45, 2.75) is 18.6 Å². The minimum Gasteiger partial charge on any atom is -0.493 e. The highest BCUT2D eigenvalue weighted by molar-refractivity contribution is 5.96. The number of hydrogen-bond acceptors (Lipinski definition) is 4. The van der Waals surface area contributed by atoms with E-state index >= 15 is 0 Å². The molecule has 4 aromatic carbocycles. The van der Waals surface area contributed by atoms with E-state index in [1.807, 2.05) is 91.0 Å². The highest BCUT2D eigenvalue weighted by Gasteiger charge is 2.35. The van der Waals surface area contributed by atoms with Crippen LogP contribution in [0.1, 0.15) is 22.6 Å². The van der Waals surface area contributed by atoms with Gasteiger partial charge in [0.1, 0.15) is 6.61 Å². The molecule has 1 aliphatic rings. The van der Waals surface area contributed by atoms with Gasteiger partial charge in [0.25, 0.3) is 0 Å². The van der Waals surface area contributed by atoms with E-state index in [2.05, 4.69) is 0 Å². The number of carboxylic acids is 1. The van der Waals surface area contributed by atoms with Crippen molar-refractivity contribution in [2.75, 3.05) is 7.11 Å². The Kier molecular flexibility index (Phi) is 7.22. The van der Waals surface area contributed by atoms with Crippen molar-refractivity contribution in [3.63, 3.8) is 0 Å². The van der Waals surface area contributed by atoms with Crippen molar-refractivity contribution in [2.24, 2.45) is 0 Å². The van der Waals surface area contributed by atoms with Crippen LogP contribution in [0, 0.1) is 0 Å². The van der Waals surface area contributed by atoms with Crippen LogP contribution in [-0.2, 0) is 16.2 Å². The van der Waals surface area contributed by atoms with E-state index in [0.29, 0.717) is 21.9 Å². The van der Waals surface area contributed by atoms with Crippen molar-refractivity contribution in [3.8, 4) is 11.5 Å². The van der Waals surface area contributed by atoms with E-state index in [1.54, 1.807) is 31.5 Å². The Hall–Kier alpha value is -4.84. The van der Waals surface area contributed by atoms with Gasteiger partial charge < -0.3 is 14.6 Å². The molecule has 6 heteroatoms. The summed E-state index contributed by atoms with van der Waals surface area (Å²) in [7, 11) is 1.54. The molecule has 0 aromatic heterocycles. The van der Waals surface area contributed by atoms with E-state index < -0.39 is 17.9 Å². The lowest BCUT2D eigenvalue weighted by atomic mass is 9.89. The normalized spacial score (nSPS) is 14.2. The first-order chi connectivity index (χ1) is 18.6. The van der Waals surface area contributed by atoms with Crippen LogP contribution < -0.4 is 19.9 Å². The van der Waals surface area contributed by atoms with E-state index in [9.17, 15) is 14.7 Å². The SMILES string of the molecule is COc1ccc2c(c1OCc1ccccc1)=C[C@@H](C(=O)O)N(C(=O)C(c1ccccc1)c1ccccc1)C=2. The molecular formula is C32H27NO5. The highest BCUT2D eigenvalue weighted by atomic mass is 16.5. The van der Waals surface area contributed by atoms with Crippen LogP contribution >= 0.6 is 0 Å². The van der Waals surface area contributed by atoms with Gasteiger partial charge in [-0.2, -0.15) is 0 Å². The van der Waals surface area contributed by atoms with E-state index in [4.69, 9.17) is 9.47 Å². The molecule has 0 saturated heterocycles. The van der Waals surface area contributed by atoms with Crippen LogP contribution in [0.25, 0.3) is 12.3 Å². The molecular weight excluding hydrogens is 478 g/mol. The van der Waals surface area contributed by atoms with Crippen LogP contribution in [0.2, 0.25) is 0 Å². The van der Waals surface area contributed by atoms with Crippen molar-refractivity contribution in [1.82, 2.24) is 4.90 Å². The number of aliphatic carboxylic acids is 1. The summed E-state index contributed by atoms with van der Waals surface area (Å²) in [6.07, 6.45) is 3.16. The summed E-state index contributed by atoms with van der Waals surface area (Å²) in [4.78, 5) is 27.9. The third-order valence-corrected chi connectivity index (χ3v) is 6.56. The number of carboxylic acid groups (broad SMARTS) is 1. The first kappa shape index (κ1) is 24.8. The summed E-state index contributed by atoms with van der Waals surface area (Å²) in [5.41, 5.74) is 2.54. The molecule has 0 spiro atoms. The summed E-state index contributed by atoms with van der Waals surface area (Å²) < 4.78 is 11.7. The summed E-state index contributed by atoms with van der Waals surface area (Å²) in [5, 5.41) is 11.5. The fraction of sp³-hybridized carbons (Fsp3) is 0.125. The van der Waals surface area contributed by atoms with Gasteiger partial charge >= 0.3 is 5.97 Å². The molecule has 0 fully saturated rings. The standard InChI is InChI=1S/C32H27NO5/c1-37-28-18-17-25-20-33(31(34)29(23-13-7-3-8-14-23)24-15-9-4-10-16-24)27(32(35)36)19-26(25)30(28)38-21-22-11-5-2-6-12-22/h2-20,27,29H,21H2,1H3,(H,35,36)/t27-/m0/s1. The van der Waals surface area contributed by atoms with Gasteiger partial charge in [-0.1, -0.05) is 91.0 Å². The van der Waals surface area contributed by atoms with Gasteiger partial charge in [0.2, 0.25) is 5.91 Å². The fourth-order valence-corrected chi connectivity index (χ4v) is 4.70. The topological polar surface area (TPSA) is 76.1 Å². The van der Waals surface area contributed by atoms with Gasteiger partial charge in [0.15, 0.2) is 17.5 Å². The third kappa shape index (κ3) is 5.02. The molecule has 0 saturated carbocycles. The van der Waals surface area contributed by atoms with Crippen molar-refractivity contribution in [1.29, 1.82) is 0 Å². The second kappa shape index (κ2) is 11.0. The molecule has 5 rings (SSSR count). The minimum atomic E-state index is -1.23. The predicted molar refractivity (Wildman–Crippen MR) is 145 cm³/mol. The Bertz CT molecular complexity index is 1510. The van der Waals surface area contributed by atoms with Crippen LogP contribution in [0.4, 0.5) is 0 Å². The number of carbonyl (C=O) groups excluding carboxylic acids is 1. The number of rotatable bonds is 8. The molecule has 4 aromatic rings. The smallest absolute Gasteiger partial charge is 0.330 e. The second-order valence-electron chi connectivity index (χ2n) is 8.95. The molecule has 1 heterocycles. The predicted octanol–water partition coefficient (Wildman–Crippen LogP) is 3.92. The first-order valence-electron chi connectivity index (χ1n) is 12.3. The quantitative estimate of drug-likeness (QED) is 0.393. The monoisotopic (exact) mass is 505 g/mol. The zero-order valence-electron chi connectivity index (χ0n) is 20.9. The Morgan fingerprint density at radius 1 is 0.842 bits per heavy atom. The maximum atomic E-state index is 14.1. The third-order valence-electron chi connectivity index (χ3n) is 6.56. The zero-order chi connectivity index (χ0) is 26.5. The van der Waals surface area contributed by atoms with Crippen molar-refractivity contribution < 1.29 is 24.2 Å². The average Bonchev–Trinajstić information content (AvgIpc) is 2.96. The Morgan fingerprint density at radius 3 is 1.97 bits per heavy atom. The Balaban J connectivity index is 1.60. The molecule has 0 radical (unpaired) electrons. The molecule has 0 aliphatic carbocycles. The molecule has 1 aliphatic heterocycles. The first-order valence-corrected chi connectivity index (χ1v) is 12.3. The number of methoxy groups -OCH3 is 1. The number of hydrogen-bond donors (Lipinski definition) is 1. The summed E-state index contributed by atoms with van der Waals surface area (Å²) in [6, 6.07) is 30.8. The van der Waals surface area contributed by atoms with Gasteiger partial charge in [-0.3, -0.25) is 9.69 Å². The number of nitrogens with zero attached hydrogens (tertiary/aromatic N) is 1. The second-order valence-corrected chi connectivity index (χ2v) is 8.95. The van der Waals surface area contributed by atoms with Crippen molar-refractivity contribution in [3.05, 3.63) is 130 Å². The van der Waals surface area contributed by atoms with E-state index in [0.717, 1.165) is 16.7 Å². The van der Waals surface area contributed by atoms with Gasteiger partial charge in [-0.15, -0.1) is 0 Å². The number of carbonyl (C=O) groups is 2. The molecule has 0 unspecified atom stereocenters. The average molecular weight is 506 g/mol. The highest BCUT2D eigenvalue weighted by Crippen LogP contribution is 2.29. The summed E-state index contributed by atoms with van der Waals surface area (Å²) in [5.74, 6) is -1.22. The maximum Gasteiger partial charge on any atom is 0.330 e. The number of amides is 1. The Labute approximate surface area is 220 Å². The number of benzene rings is 4. The minimum absolute atomic E-state index is 0.284. The Morgan fingerprint density at radius 2 is 1.42 bits per heavy atom. The van der Waals surface area contributed by atoms with Crippen LogP contribution in [0.3, 0.4) is 0 Å². The lowest BCUT2D eigenvalue weighted by Crippen LogP contribution is -2.49.